The van der Waals surface area contributed by atoms with Gasteiger partial charge in [0, 0.05) is 0 Å². The third-order valence-electron chi connectivity index (χ3n) is 0.175. The summed E-state index contributed by atoms with van der Waals surface area (Å²) in [5.74, 6) is -0.968. The minimum Gasteiger partial charge on any atom is -0.480 e. The molecule has 0 amide bonds. The van der Waals surface area contributed by atoms with Crippen molar-refractivity contribution in [2.24, 2.45) is 5.73 Å². The van der Waals surface area contributed by atoms with Crippen LogP contribution in [0.4, 0.5) is 0 Å². The molecule has 0 aromatic carbocycles. The Hall–Kier alpha value is 0.170. The third-order valence-corrected chi connectivity index (χ3v) is 0.175. The van der Waals surface area contributed by atoms with Gasteiger partial charge in [-0.2, -0.15) is 0 Å². The Morgan fingerprint density at radius 3 is 2.00 bits per heavy atom. The Morgan fingerprint density at radius 2 is 2.00 bits per heavy atom. The molecule has 3 nitrogen and oxygen atoms in total. The van der Waals surface area contributed by atoms with E-state index in [0.29, 0.717) is 0 Å². The Labute approximate surface area is 51.0 Å². The maximum atomic E-state index is 9.24. The molecule has 0 saturated heterocycles. The normalized spacial score (nSPS) is 6.17. The fraction of sp³-hybridized carbons (Fsp3) is 0.500. The topological polar surface area (TPSA) is 63.3 Å². The summed E-state index contributed by atoms with van der Waals surface area (Å²) in [4.78, 5) is 9.24. The fourth-order valence-corrected chi connectivity index (χ4v) is 0. The molecule has 0 aliphatic rings. The number of carbonyl (C=O) groups is 1. The van der Waals surface area contributed by atoms with Crippen molar-refractivity contribution in [2.45, 2.75) is 0 Å². The van der Waals surface area contributed by atoms with Gasteiger partial charge in [0.2, 0.25) is 0 Å². The zero-order valence-corrected chi connectivity index (χ0v) is 5.11. The molecule has 3 N–H and O–H groups in total. The van der Waals surface area contributed by atoms with Gasteiger partial charge in [-0.05, 0) is 0 Å². The SMILES string of the molecule is NCC(=O)O.[Au+]. The third kappa shape index (κ3) is 8.90. The number of rotatable bonds is 1. The molecule has 0 unspecified atom stereocenters. The van der Waals surface area contributed by atoms with Crippen molar-refractivity contribution in [3.05, 3.63) is 0 Å². The molecule has 0 spiro atoms. The van der Waals surface area contributed by atoms with Crippen LogP contribution in [-0.4, -0.2) is 17.6 Å². The van der Waals surface area contributed by atoms with Crippen LogP contribution in [0.15, 0.2) is 0 Å². The number of carboxylic acid groups (broad SMARTS) is 1. The van der Waals surface area contributed by atoms with Crippen LogP contribution in [0.5, 0.6) is 0 Å². The average Bonchev–Trinajstić information content (AvgIpc) is 1.38. The van der Waals surface area contributed by atoms with E-state index in [2.05, 4.69) is 5.73 Å². The smallest absolute Gasteiger partial charge is 0.480 e. The van der Waals surface area contributed by atoms with Crippen LogP contribution in [0.3, 0.4) is 0 Å². The molecule has 0 fully saturated rings. The first-order chi connectivity index (χ1) is 2.27. The molecule has 0 atom stereocenters. The van der Waals surface area contributed by atoms with Gasteiger partial charge in [-0.25, -0.2) is 0 Å². The second kappa shape index (κ2) is 5.17. The van der Waals surface area contributed by atoms with E-state index in [-0.39, 0.29) is 28.9 Å². The minimum atomic E-state index is -0.968. The zero-order valence-electron chi connectivity index (χ0n) is 2.94. The molecule has 0 saturated carbocycles. The molecule has 0 aromatic rings. The summed E-state index contributed by atoms with van der Waals surface area (Å²) in [6.07, 6.45) is 0. The Bertz CT molecular complexity index is 46.8. The molecular formula is C2H5AuNO2+. The van der Waals surface area contributed by atoms with E-state index in [0.717, 1.165) is 0 Å². The van der Waals surface area contributed by atoms with Crippen LogP contribution in [0.2, 0.25) is 0 Å². The molecule has 6 heavy (non-hydrogen) atoms. The molecule has 0 aliphatic heterocycles. The quantitative estimate of drug-likeness (QED) is 0.603. The van der Waals surface area contributed by atoms with Crippen molar-refractivity contribution in [3.63, 3.8) is 0 Å². The first kappa shape index (κ1) is 9.48. The molecule has 4 heteroatoms. The first-order valence-electron chi connectivity index (χ1n) is 1.19. The van der Waals surface area contributed by atoms with Crippen molar-refractivity contribution >= 4 is 5.97 Å². The number of hydrogen-bond donors (Lipinski definition) is 2. The van der Waals surface area contributed by atoms with Crippen molar-refractivity contribution < 1.29 is 32.3 Å². The molecule has 0 radical (unpaired) electrons. The first-order valence-corrected chi connectivity index (χ1v) is 1.19. The maximum Gasteiger partial charge on any atom is 1.00 e. The van der Waals surface area contributed by atoms with Crippen LogP contribution in [0.1, 0.15) is 0 Å². The number of aliphatic carboxylic acids is 1. The summed E-state index contributed by atoms with van der Waals surface area (Å²) in [7, 11) is 0. The van der Waals surface area contributed by atoms with Gasteiger partial charge >= 0.3 is 28.3 Å². The summed E-state index contributed by atoms with van der Waals surface area (Å²) in [5, 5.41) is 7.60. The fourth-order valence-electron chi connectivity index (χ4n) is 0. The molecule has 0 aliphatic carbocycles. The van der Waals surface area contributed by atoms with Gasteiger partial charge in [0.1, 0.15) is 0 Å². The minimum absolute atomic E-state index is 0. The molecule has 0 aromatic heterocycles. The second-order valence-electron chi connectivity index (χ2n) is 0.598. The molecule has 40 valence electrons. The zero-order chi connectivity index (χ0) is 4.28. The van der Waals surface area contributed by atoms with Crippen molar-refractivity contribution in [1.82, 2.24) is 0 Å². The maximum absolute atomic E-state index is 9.24. The van der Waals surface area contributed by atoms with Gasteiger partial charge < -0.3 is 10.8 Å². The van der Waals surface area contributed by atoms with Crippen LogP contribution in [0.25, 0.3) is 0 Å². The molecule has 0 rings (SSSR count). The van der Waals surface area contributed by atoms with Gasteiger partial charge in [-0.3, -0.25) is 4.79 Å². The Balaban J connectivity index is 0. The van der Waals surface area contributed by atoms with Gasteiger partial charge in [0.15, 0.2) is 0 Å². The van der Waals surface area contributed by atoms with E-state index >= 15 is 0 Å². The van der Waals surface area contributed by atoms with Gasteiger partial charge in [-0.1, -0.05) is 0 Å². The summed E-state index contributed by atoms with van der Waals surface area (Å²) in [6.45, 7) is -0.278. The number of hydrogen-bond acceptors (Lipinski definition) is 2. The van der Waals surface area contributed by atoms with Gasteiger partial charge in [-0.15, -0.1) is 0 Å². The largest absolute Gasteiger partial charge is 1.00 e. The number of carboxylic acids is 1. The average molecular weight is 272 g/mol. The molecule has 0 bridgehead atoms. The summed E-state index contributed by atoms with van der Waals surface area (Å²) in [5.41, 5.74) is 4.57. The van der Waals surface area contributed by atoms with Crippen LogP contribution in [0, 0.1) is 0 Å². The van der Waals surface area contributed by atoms with Crippen molar-refractivity contribution in [2.75, 3.05) is 6.54 Å². The Morgan fingerprint density at radius 1 is 1.83 bits per heavy atom. The van der Waals surface area contributed by atoms with Gasteiger partial charge in [0.05, 0.1) is 6.54 Å². The van der Waals surface area contributed by atoms with Crippen LogP contribution in [-0.2, 0) is 27.2 Å². The van der Waals surface area contributed by atoms with E-state index in [1.807, 2.05) is 0 Å². The Kier molecular flexibility index (Phi) is 8.17. The predicted molar refractivity (Wildman–Crippen MR) is 16.7 cm³/mol. The predicted octanol–water partition coefficient (Wildman–Crippen LogP) is -0.973. The van der Waals surface area contributed by atoms with Crippen molar-refractivity contribution in [3.8, 4) is 0 Å². The second-order valence-corrected chi connectivity index (χ2v) is 0.598. The molecular weight excluding hydrogens is 267 g/mol. The van der Waals surface area contributed by atoms with Crippen LogP contribution >= 0.6 is 0 Å². The van der Waals surface area contributed by atoms with Crippen LogP contribution < -0.4 is 5.73 Å². The van der Waals surface area contributed by atoms with E-state index in [9.17, 15) is 4.79 Å². The van der Waals surface area contributed by atoms with Gasteiger partial charge in [0.25, 0.3) is 0 Å². The van der Waals surface area contributed by atoms with Crippen molar-refractivity contribution in [1.29, 1.82) is 0 Å². The van der Waals surface area contributed by atoms with E-state index in [1.165, 1.54) is 0 Å². The van der Waals surface area contributed by atoms with E-state index < -0.39 is 5.97 Å². The summed E-state index contributed by atoms with van der Waals surface area (Å²) >= 11 is 0. The van der Waals surface area contributed by atoms with E-state index in [4.69, 9.17) is 5.11 Å². The summed E-state index contributed by atoms with van der Waals surface area (Å²) < 4.78 is 0. The summed E-state index contributed by atoms with van der Waals surface area (Å²) in [6, 6.07) is 0. The number of nitrogens with two attached hydrogens (primary N) is 1. The monoisotopic (exact) mass is 272 g/mol. The standard InChI is InChI=1S/C2H5NO2.Au/c3-1-2(4)5;/h1,3H2,(H,4,5);/q;+1. The molecule has 0 heterocycles. The van der Waals surface area contributed by atoms with E-state index in [1.54, 1.807) is 0 Å².